The van der Waals surface area contributed by atoms with E-state index in [-0.39, 0.29) is 4.90 Å². The molecule has 0 heterocycles. The van der Waals surface area contributed by atoms with E-state index in [0.29, 0.717) is 9.50 Å². The van der Waals surface area contributed by atoms with E-state index in [9.17, 15) is 13.5 Å². The van der Waals surface area contributed by atoms with Crippen molar-refractivity contribution in [3.05, 3.63) is 27.7 Å². The summed E-state index contributed by atoms with van der Waals surface area (Å²) in [6.45, 7) is 6.34. The third kappa shape index (κ3) is 3.92. The van der Waals surface area contributed by atoms with Crippen molar-refractivity contribution in [3.8, 4) is 0 Å². The molecule has 0 saturated heterocycles. The van der Waals surface area contributed by atoms with Gasteiger partial charge in [0.05, 0.1) is 21.1 Å². The third-order valence-electron chi connectivity index (χ3n) is 3.12. The van der Waals surface area contributed by atoms with Gasteiger partial charge in [0.1, 0.15) is 0 Å². The molecule has 0 aliphatic carbocycles. The van der Waals surface area contributed by atoms with E-state index >= 15 is 0 Å². The highest BCUT2D eigenvalue weighted by molar-refractivity contribution is 9.10. The van der Waals surface area contributed by atoms with E-state index in [4.69, 9.17) is 11.6 Å². The van der Waals surface area contributed by atoms with Gasteiger partial charge in [-0.2, -0.15) is 0 Å². The van der Waals surface area contributed by atoms with Crippen LogP contribution in [0.1, 0.15) is 27.7 Å². The zero-order valence-corrected chi connectivity index (χ0v) is 14.3. The van der Waals surface area contributed by atoms with E-state index < -0.39 is 21.2 Å². The van der Waals surface area contributed by atoms with Gasteiger partial charge in [-0.1, -0.05) is 11.6 Å². The van der Waals surface area contributed by atoms with Gasteiger partial charge in [-0.3, -0.25) is 0 Å². The van der Waals surface area contributed by atoms with Gasteiger partial charge < -0.3 is 5.11 Å². The molecule has 1 aromatic rings. The molecule has 0 aliphatic rings. The summed E-state index contributed by atoms with van der Waals surface area (Å²) in [6.07, 6.45) is 0. The van der Waals surface area contributed by atoms with Crippen molar-refractivity contribution in [1.29, 1.82) is 0 Å². The van der Waals surface area contributed by atoms with Crippen molar-refractivity contribution < 1.29 is 13.5 Å². The fourth-order valence-corrected chi connectivity index (χ4v) is 3.37. The quantitative estimate of drug-likeness (QED) is 0.856. The van der Waals surface area contributed by atoms with E-state index in [1.54, 1.807) is 27.7 Å². The molecule has 4 nitrogen and oxygen atoms in total. The Balaban J connectivity index is 3.16. The molecule has 7 heteroatoms. The Kier molecular flexibility index (Phi) is 4.75. The fourth-order valence-electron chi connectivity index (χ4n) is 1.16. The average Bonchev–Trinajstić information content (AvgIpc) is 2.18. The van der Waals surface area contributed by atoms with Crippen LogP contribution in [0.3, 0.4) is 0 Å². The smallest absolute Gasteiger partial charge is 0.241 e. The zero-order valence-electron chi connectivity index (χ0n) is 11.2. The van der Waals surface area contributed by atoms with Crippen molar-refractivity contribution in [3.63, 3.8) is 0 Å². The molecule has 0 fully saturated rings. The fraction of sp³-hybridized carbons (Fsp3) is 0.500. The molecule has 0 aromatic heterocycles. The zero-order chi connectivity index (χ0) is 15.1. The predicted octanol–water partition coefficient (Wildman–Crippen LogP) is 2.93. The topological polar surface area (TPSA) is 66.4 Å². The van der Waals surface area contributed by atoms with Gasteiger partial charge in [-0.05, 0) is 61.8 Å². The number of rotatable bonds is 4. The Hall–Kier alpha value is -0.140. The molecule has 0 amide bonds. The Morgan fingerprint density at radius 2 is 1.79 bits per heavy atom. The Morgan fingerprint density at radius 1 is 1.26 bits per heavy atom. The van der Waals surface area contributed by atoms with E-state index in [1.807, 2.05) is 0 Å². The van der Waals surface area contributed by atoms with Crippen molar-refractivity contribution >= 4 is 37.6 Å². The Bertz CT molecular complexity index is 579. The summed E-state index contributed by atoms with van der Waals surface area (Å²) in [5.74, 6) is 0. The van der Waals surface area contributed by atoms with Crippen LogP contribution in [0.15, 0.2) is 27.6 Å². The summed E-state index contributed by atoms with van der Waals surface area (Å²) in [7, 11) is -3.74. The minimum Gasteiger partial charge on any atom is -0.389 e. The van der Waals surface area contributed by atoms with Gasteiger partial charge in [0, 0.05) is 4.47 Å². The van der Waals surface area contributed by atoms with Crippen LogP contribution in [0.5, 0.6) is 0 Å². The van der Waals surface area contributed by atoms with Crippen LogP contribution < -0.4 is 4.72 Å². The summed E-state index contributed by atoms with van der Waals surface area (Å²) >= 11 is 9.02. The standard InChI is InChI=1S/C12H17BrClNO3S/c1-11(2,12(3,4)16)15-19(17,18)8-5-6-10(14)9(13)7-8/h5-7,15-16H,1-4H3. The minimum absolute atomic E-state index is 0.0844. The lowest BCUT2D eigenvalue weighted by Crippen LogP contribution is -2.57. The molecular weight excluding hydrogens is 354 g/mol. The Morgan fingerprint density at radius 3 is 2.21 bits per heavy atom. The highest BCUT2D eigenvalue weighted by atomic mass is 79.9. The first-order valence-corrected chi connectivity index (χ1v) is 8.24. The van der Waals surface area contributed by atoms with Gasteiger partial charge in [-0.25, -0.2) is 13.1 Å². The molecular formula is C12H17BrClNO3S. The van der Waals surface area contributed by atoms with Gasteiger partial charge in [0.25, 0.3) is 0 Å². The molecule has 2 N–H and O–H groups in total. The molecule has 0 radical (unpaired) electrons. The van der Waals surface area contributed by atoms with Crippen molar-refractivity contribution in [1.82, 2.24) is 4.72 Å². The van der Waals surface area contributed by atoms with E-state index in [0.717, 1.165) is 0 Å². The number of halogens is 2. The largest absolute Gasteiger partial charge is 0.389 e. The summed E-state index contributed by atoms with van der Waals surface area (Å²) in [5.41, 5.74) is -2.22. The first-order valence-electron chi connectivity index (χ1n) is 5.58. The molecule has 0 atom stereocenters. The van der Waals surface area contributed by atoms with Crippen LogP contribution in [0.4, 0.5) is 0 Å². The summed E-state index contributed by atoms with van der Waals surface area (Å²) in [5, 5.41) is 10.4. The summed E-state index contributed by atoms with van der Waals surface area (Å²) in [4.78, 5) is 0.0844. The SMILES string of the molecule is CC(C)(O)C(C)(C)NS(=O)(=O)c1ccc(Cl)c(Br)c1. The molecule has 0 unspecified atom stereocenters. The second-order valence-corrected chi connectivity index (χ2v) is 8.31. The van der Waals surface area contributed by atoms with Crippen LogP contribution in [-0.2, 0) is 10.0 Å². The van der Waals surface area contributed by atoms with Crippen LogP contribution in [0, 0.1) is 0 Å². The predicted molar refractivity (Wildman–Crippen MR) is 79.9 cm³/mol. The normalized spacial score (nSPS) is 13.6. The molecule has 0 aliphatic heterocycles. The summed E-state index contributed by atoms with van der Waals surface area (Å²) < 4.78 is 27.5. The maximum Gasteiger partial charge on any atom is 0.241 e. The van der Waals surface area contributed by atoms with Gasteiger partial charge in [0.2, 0.25) is 10.0 Å². The average molecular weight is 371 g/mol. The van der Waals surface area contributed by atoms with Crippen molar-refractivity contribution in [2.24, 2.45) is 0 Å². The molecule has 0 saturated carbocycles. The van der Waals surface area contributed by atoms with Gasteiger partial charge in [0.15, 0.2) is 0 Å². The third-order valence-corrected chi connectivity index (χ3v) is 5.99. The van der Waals surface area contributed by atoms with E-state index in [2.05, 4.69) is 20.7 Å². The number of sulfonamides is 1. The molecule has 0 spiro atoms. The molecule has 19 heavy (non-hydrogen) atoms. The van der Waals surface area contributed by atoms with Crippen LogP contribution in [0.25, 0.3) is 0 Å². The molecule has 108 valence electrons. The van der Waals surface area contributed by atoms with Crippen molar-refractivity contribution in [2.45, 2.75) is 43.7 Å². The van der Waals surface area contributed by atoms with Crippen LogP contribution in [0.2, 0.25) is 5.02 Å². The van der Waals surface area contributed by atoms with Crippen LogP contribution in [-0.4, -0.2) is 24.7 Å². The first-order chi connectivity index (χ1) is 8.37. The number of hydrogen-bond donors (Lipinski definition) is 2. The lowest BCUT2D eigenvalue weighted by Gasteiger charge is -2.37. The number of hydrogen-bond acceptors (Lipinski definition) is 3. The number of benzene rings is 1. The lowest BCUT2D eigenvalue weighted by molar-refractivity contribution is 0.00639. The van der Waals surface area contributed by atoms with Crippen LogP contribution >= 0.6 is 27.5 Å². The monoisotopic (exact) mass is 369 g/mol. The summed E-state index contributed by atoms with van der Waals surface area (Å²) in [6, 6.07) is 4.33. The van der Waals surface area contributed by atoms with Crippen molar-refractivity contribution in [2.75, 3.05) is 0 Å². The Labute approximate surface area is 127 Å². The molecule has 1 rings (SSSR count). The van der Waals surface area contributed by atoms with Gasteiger partial charge in [-0.15, -0.1) is 0 Å². The maximum atomic E-state index is 12.3. The second kappa shape index (κ2) is 5.33. The number of nitrogens with one attached hydrogen (secondary N) is 1. The first kappa shape index (κ1) is 16.9. The van der Waals surface area contributed by atoms with E-state index in [1.165, 1.54) is 18.2 Å². The minimum atomic E-state index is -3.74. The highest BCUT2D eigenvalue weighted by Gasteiger charge is 2.38. The molecule has 1 aromatic carbocycles. The second-order valence-electron chi connectivity index (χ2n) is 5.37. The lowest BCUT2D eigenvalue weighted by atomic mass is 9.87. The van der Waals surface area contributed by atoms with Gasteiger partial charge >= 0.3 is 0 Å². The number of aliphatic hydroxyl groups is 1. The molecule has 0 bridgehead atoms. The highest BCUT2D eigenvalue weighted by Crippen LogP contribution is 2.27. The maximum absolute atomic E-state index is 12.3.